The van der Waals surface area contributed by atoms with Crippen molar-refractivity contribution in [1.82, 2.24) is 0 Å². The Bertz CT molecular complexity index is 617. The van der Waals surface area contributed by atoms with Crippen molar-refractivity contribution in [3.05, 3.63) is 23.8 Å². The molecule has 0 radical (unpaired) electrons. The molecule has 0 amide bonds. The van der Waals surface area contributed by atoms with Gasteiger partial charge in [0.2, 0.25) is 5.96 Å². The molecular weight excluding hydrogens is 258 g/mol. The van der Waals surface area contributed by atoms with Crippen LogP contribution in [-0.2, 0) is 10.1 Å². The van der Waals surface area contributed by atoms with E-state index in [-0.39, 0.29) is 22.5 Å². The van der Waals surface area contributed by atoms with Crippen LogP contribution in [0.5, 0.6) is 0 Å². The van der Waals surface area contributed by atoms with Gasteiger partial charge in [-0.15, -0.1) is 0 Å². The average molecular weight is 271 g/mol. The minimum atomic E-state index is -4.40. The number of nitrogens with zero attached hydrogens (tertiary/aromatic N) is 2. The molecule has 0 atom stereocenters. The highest BCUT2D eigenvalue weighted by Gasteiger charge is 2.15. The number of hydrogen-bond acceptors (Lipinski definition) is 3. The molecule has 0 saturated heterocycles. The number of benzene rings is 1. The second-order valence-electron chi connectivity index (χ2n) is 3.45. The van der Waals surface area contributed by atoms with Crippen molar-refractivity contribution in [2.75, 3.05) is 0 Å². The number of guanidine groups is 2. The maximum Gasteiger partial charge on any atom is 0.296 e. The van der Waals surface area contributed by atoms with Crippen LogP contribution in [0, 0.1) is 6.92 Å². The smallest absolute Gasteiger partial charge is 0.296 e. The molecule has 1 aromatic rings. The molecule has 9 heteroatoms. The lowest BCUT2D eigenvalue weighted by Gasteiger charge is -2.04. The molecule has 98 valence electrons. The summed E-state index contributed by atoms with van der Waals surface area (Å²) >= 11 is 0. The molecule has 1 aromatic carbocycles. The molecule has 0 heterocycles. The van der Waals surface area contributed by atoms with Gasteiger partial charge in [-0.25, -0.2) is 4.99 Å². The van der Waals surface area contributed by atoms with E-state index >= 15 is 0 Å². The Morgan fingerprint density at radius 3 is 2.39 bits per heavy atom. The topological polar surface area (TPSA) is 157 Å². The fraction of sp³-hybridized carbons (Fsp3) is 0.111. The summed E-state index contributed by atoms with van der Waals surface area (Å²) in [6, 6.07) is 4.25. The molecule has 7 N–H and O–H groups in total. The molecule has 0 aliphatic heterocycles. The first kappa shape index (κ1) is 13.9. The van der Waals surface area contributed by atoms with E-state index in [1.165, 1.54) is 12.1 Å². The predicted octanol–water partition coefficient (Wildman–Crippen LogP) is -0.539. The van der Waals surface area contributed by atoms with Gasteiger partial charge in [0.15, 0.2) is 5.96 Å². The third-order valence-electron chi connectivity index (χ3n) is 1.87. The zero-order valence-corrected chi connectivity index (χ0v) is 10.3. The van der Waals surface area contributed by atoms with Gasteiger partial charge in [-0.3, -0.25) is 4.55 Å². The summed E-state index contributed by atoms with van der Waals surface area (Å²) in [6.45, 7) is 1.67. The summed E-state index contributed by atoms with van der Waals surface area (Å²) in [4.78, 5) is 6.79. The normalized spacial score (nSPS) is 12.2. The first-order chi connectivity index (χ1) is 8.20. The van der Waals surface area contributed by atoms with Crippen molar-refractivity contribution in [1.29, 1.82) is 0 Å². The van der Waals surface area contributed by atoms with Gasteiger partial charge in [-0.2, -0.15) is 13.4 Å². The van der Waals surface area contributed by atoms with Crippen molar-refractivity contribution >= 4 is 27.7 Å². The van der Waals surface area contributed by atoms with Crippen LogP contribution >= 0.6 is 0 Å². The lowest BCUT2D eigenvalue weighted by atomic mass is 10.2. The number of rotatable bonds is 2. The summed E-state index contributed by atoms with van der Waals surface area (Å²) in [5.74, 6) is -0.625. The van der Waals surface area contributed by atoms with Crippen LogP contribution in [0.25, 0.3) is 0 Å². The fourth-order valence-electron chi connectivity index (χ4n) is 1.20. The van der Waals surface area contributed by atoms with Gasteiger partial charge in [-0.1, -0.05) is 6.07 Å². The van der Waals surface area contributed by atoms with Gasteiger partial charge in [-0.05, 0) is 24.6 Å². The highest BCUT2D eigenvalue weighted by atomic mass is 32.2. The highest BCUT2D eigenvalue weighted by molar-refractivity contribution is 7.86. The van der Waals surface area contributed by atoms with Crippen molar-refractivity contribution in [2.45, 2.75) is 11.8 Å². The molecule has 18 heavy (non-hydrogen) atoms. The van der Waals surface area contributed by atoms with Gasteiger partial charge in [0.25, 0.3) is 10.1 Å². The predicted molar refractivity (Wildman–Crippen MR) is 68.1 cm³/mol. The number of hydrogen-bond donors (Lipinski definition) is 4. The Morgan fingerprint density at radius 2 is 1.89 bits per heavy atom. The van der Waals surface area contributed by atoms with E-state index in [0.717, 1.165) is 0 Å². The largest absolute Gasteiger partial charge is 0.370 e. The first-order valence-electron chi connectivity index (χ1n) is 4.72. The number of nitrogens with two attached hydrogens (primary N) is 3. The molecule has 0 bridgehead atoms. The number of aryl methyl sites for hydroxylation is 1. The van der Waals surface area contributed by atoms with E-state index in [1.807, 2.05) is 0 Å². The van der Waals surface area contributed by atoms with E-state index in [4.69, 9.17) is 21.8 Å². The highest BCUT2D eigenvalue weighted by Crippen LogP contribution is 2.25. The Hall–Kier alpha value is -2.13. The monoisotopic (exact) mass is 271 g/mol. The average Bonchev–Trinajstić information content (AvgIpc) is 2.17. The maximum atomic E-state index is 11.2. The second-order valence-corrected chi connectivity index (χ2v) is 4.84. The van der Waals surface area contributed by atoms with E-state index in [1.54, 1.807) is 13.0 Å². The number of aliphatic imine (C=N–C) groups is 2. The van der Waals surface area contributed by atoms with Crippen LogP contribution in [0.2, 0.25) is 0 Å². The van der Waals surface area contributed by atoms with Crippen LogP contribution in [-0.4, -0.2) is 24.9 Å². The molecule has 1 rings (SSSR count). The quantitative estimate of drug-likeness (QED) is 0.321. The van der Waals surface area contributed by atoms with E-state index < -0.39 is 10.1 Å². The lowest BCUT2D eigenvalue weighted by molar-refractivity contribution is 0.483. The first-order valence-corrected chi connectivity index (χ1v) is 6.16. The van der Waals surface area contributed by atoms with Crippen LogP contribution in [0.4, 0.5) is 5.69 Å². The summed E-state index contributed by atoms with van der Waals surface area (Å²) < 4.78 is 31.4. The van der Waals surface area contributed by atoms with E-state index in [0.29, 0.717) is 5.56 Å². The Labute approximate surface area is 104 Å². The maximum absolute atomic E-state index is 11.2. The summed E-state index contributed by atoms with van der Waals surface area (Å²) in [5.41, 5.74) is 16.2. The minimum absolute atomic E-state index is 0.0504. The van der Waals surface area contributed by atoms with Crippen molar-refractivity contribution in [3.8, 4) is 0 Å². The Morgan fingerprint density at radius 1 is 1.28 bits per heavy atom. The van der Waals surface area contributed by atoms with E-state index in [9.17, 15) is 8.42 Å². The SMILES string of the molecule is Cc1ccc(N=C(N)N=C(N)N)c(S(=O)(=O)O)c1. The Kier molecular flexibility index (Phi) is 3.89. The zero-order chi connectivity index (χ0) is 13.9. The van der Waals surface area contributed by atoms with Gasteiger partial charge in [0, 0.05) is 0 Å². The molecule has 0 aliphatic carbocycles. The van der Waals surface area contributed by atoms with E-state index in [2.05, 4.69) is 9.98 Å². The summed E-state index contributed by atoms with van der Waals surface area (Å²) in [7, 11) is -4.40. The minimum Gasteiger partial charge on any atom is -0.370 e. The standard InChI is InChI=1S/C9H13N5O3S/c1-5-2-3-6(7(4-5)18(15,16)17)13-9(12)14-8(10)11/h2-4H,1H3,(H,15,16,17)(H6,10,11,12,13,14). The molecule has 0 aromatic heterocycles. The summed E-state index contributed by atoms with van der Waals surface area (Å²) in [5, 5.41) is 0. The van der Waals surface area contributed by atoms with Gasteiger partial charge in [0.05, 0.1) is 5.69 Å². The molecule has 0 spiro atoms. The van der Waals surface area contributed by atoms with Crippen LogP contribution in [0.1, 0.15) is 5.56 Å². The second kappa shape index (κ2) is 5.02. The molecule has 0 saturated carbocycles. The molecule has 0 fully saturated rings. The summed E-state index contributed by atoms with van der Waals surface area (Å²) in [6.07, 6.45) is 0. The van der Waals surface area contributed by atoms with Gasteiger partial charge in [0.1, 0.15) is 4.90 Å². The molecular formula is C9H13N5O3S. The zero-order valence-electron chi connectivity index (χ0n) is 9.53. The van der Waals surface area contributed by atoms with Crippen molar-refractivity contribution in [2.24, 2.45) is 27.2 Å². The lowest BCUT2D eigenvalue weighted by Crippen LogP contribution is -2.26. The molecule has 0 unspecified atom stereocenters. The van der Waals surface area contributed by atoms with Crippen molar-refractivity contribution < 1.29 is 13.0 Å². The van der Waals surface area contributed by atoms with Crippen LogP contribution in [0.15, 0.2) is 33.1 Å². The van der Waals surface area contributed by atoms with Crippen LogP contribution < -0.4 is 17.2 Å². The third-order valence-corrected chi connectivity index (χ3v) is 2.75. The Balaban J connectivity index is 3.39. The molecule has 0 aliphatic rings. The molecule has 8 nitrogen and oxygen atoms in total. The third kappa shape index (κ3) is 3.71. The van der Waals surface area contributed by atoms with Crippen LogP contribution in [0.3, 0.4) is 0 Å². The van der Waals surface area contributed by atoms with Gasteiger partial charge < -0.3 is 17.2 Å². The fourth-order valence-corrected chi connectivity index (χ4v) is 1.91. The van der Waals surface area contributed by atoms with Gasteiger partial charge >= 0.3 is 0 Å². The van der Waals surface area contributed by atoms with Crippen molar-refractivity contribution in [3.63, 3.8) is 0 Å².